The van der Waals surface area contributed by atoms with Gasteiger partial charge in [-0.15, -0.1) is 12.4 Å². The molecule has 8 heteroatoms. The molecule has 18 heavy (non-hydrogen) atoms. The van der Waals surface area contributed by atoms with Crippen LogP contribution in [0.4, 0.5) is 0 Å². The number of carbonyl (C=O) groups excluding carboxylic acids is 1. The Kier molecular flexibility index (Phi) is 10.6. The third-order valence-electron chi connectivity index (χ3n) is 2.08. The normalized spacial score (nSPS) is 12.9. The maximum Gasteiger partial charge on any atom is 0.236 e. The van der Waals surface area contributed by atoms with Gasteiger partial charge in [-0.05, 0) is 18.8 Å². The molecule has 0 aliphatic carbocycles. The van der Waals surface area contributed by atoms with Gasteiger partial charge in [-0.2, -0.15) is 0 Å². The summed E-state index contributed by atoms with van der Waals surface area (Å²) < 4.78 is 23.8. The van der Waals surface area contributed by atoms with E-state index < -0.39 is 16.1 Å². The summed E-state index contributed by atoms with van der Waals surface area (Å²) in [7, 11) is -3.14. The smallest absolute Gasteiger partial charge is 0.236 e. The molecule has 0 aliphatic rings. The lowest BCUT2D eigenvalue weighted by molar-refractivity contribution is -0.122. The van der Waals surface area contributed by atoms with Crippen LogP contribution >= 0.6 is 12.4 Å². The van der Waals surface area contributed by atoms with Crippen LogP contribution in [0.5, 0.6) is 0 Å². The van der Waals surface area contributed by atoms with Crippen molar-refractivity contribution < 1.29 is 13.2 Å². The first-order chi connectivity index (χ1) is 7.72. The number of nitrogens with two attached hydrogens (primary N) is 1. The van der Waals surface area contributed by atoms with Gasteiger partial charge < -0.3 is 11.1 Å². The number of hydrogen-bond acceptors (Lipinski definition) is 4. The van der Waals surface area contributed by atoms with E-state index in [1.54, 1.807) is 0 Å². The minimum Gasteiger partial charge on any atom is -0.355 e. The highest BCUT2D eigenvalue weighted by molar-refractivity contribution is 7.88. The lowest BCUT2D eigenvalue weighted by Gasteiger charge is -2.14. The van der Waals surface area contributed by atoms with Crippen LogP contribution in [0, 0.1) is 5.92 Å². The molecular weight excluding hydrogens is 278 g/mol. The quantitative estimate of drug-likeness (QED) is 0.542. The van der Waals surface area contributed by atoms with Crippen LogP contribution in [0.3, 0.4) is 0 Å². The standard InChI is InChI=1S/C10H23N3O3S.ClH/c1-8(2)7-9(11)10(14)12-5-4-6-13-17(3,15)16;/h8-9,13H,4-7,11H2,1-3H3,(H,12,14);1H/t9-;/m0./s1. The number of hydrogen-bond donors (Lipinski definition) is 3. The fraction of sp³-hybridized carbons (Fsp3) is 0.900. The molecule has 4 N–H and O–H groups in total. The van der Waals surface area contributed by atoms with Gasteiger partial charge in [0.25, 0.3) is 0 Å². The van der Waals surface area contributed by atoms with Gasteiger partial charge >= 0.3 is 0 Å². The van der Waals surface area contributed by atoms with Crippen LogP contribution in [0.15, 0.2) is 0 Å². The van der Waals surface area contributed by atoms with Crippen molar-refractivity contribution in [2.75, 3.05) is 19.3 Å². The number of sulfonamides is 1. The molecule has 0 unspecified atom stereocenters. The Morgan fingerprint density at radius 2 is 1.83 bits per heavy atom. The Morgan fingerprint density at radius 1 is 1.28 bits per heavy atom. The lowest BCUT2D eigenvalue weighted by atomic mass is 10.0. The maximum atomic E-state index is 11.5. The molecule has 1 atom stereocenters. The van der Waals surface area contributed by atoms with E-state index in [2.05, 4.69) is 10.0 Å². The molecule has 0 fully saturated rings. The largest absolute Gasteiger partial charge is 0.355 e. The average Bonchev–Trinajstić information content (AvgIpc) is 2.13. The van der Waals surface area contributed by atoms with Crippen molar-refractivity contribution in [3.05, 3.63) is 0 Å². The number of amides is 1. The second kappa shape index (κ2) is 9.55. The lowest BCUT2D eigenvalue weighted by Crippen LogP contribution is -2.42. The molecule has 0 aromatic heterocycles. The van der Waals surface area contributed by atoms with Crippen molar-refractivity contribution in [2.24, 2.45) is 11.7 Å². The number of rotatable bonds is 8. The van der Waals surface area contributed by atoms with E-state index >= 15 is 0 Å². The summed E-state index contributed by atoms with van der Waals surface area (Å²) in [6, 6.07) is -0.488. The molecule has 110 valence electrons. The van der Waals surface area contributed by atoms with Crippen LogP contribution in [-0.2, 0) is 14.8 Å². The first-order valence-corrected chi connectivity index (χ1v) is 7.59. The third kappa shape index (κ3) is 12.1. The van der Waals surface area contributed by atoms with E-state index in [0.717, 1.165) is 6.26 Å². The first-order valence-electron chi connectivity index (χ1n) is 5.70. The number of nitrogens with one attached hydrogen (secondary N) is 2. The highest BCUT2D eigenvalue weighted by atomic mass is 35.5. The Labute approximate surface area is 116 Å². The Hall–Kier alpha value is -0.370. The summed E-state index contributed by atoms with van der Waals surface area (Å²) in [6.45, 7) is 4.75. The van der Waals surface area contributed by atoms with Gasteiger partial charge in [0.2, 0.25) is 15.9 Å². The Morgan fingerprint density at radius 3 is 2.28 bits per heavy atom. The monoisotopic (exact) mass is 301 g/mol. The van der Waals surface area contributed by atoms with Gasteiger partial charge in [0.1, 0.15) is 0 Å². The second-order valence-electron chi connectivity index (χ2n) is 4.55. The van der Waals surface area contributed by atoms with Crippen molar-refractivity contribution in [3.63, 3.8) is 0 Å². The molecule has 0 heterocycles. The van der Waals surface area contributed by atoms with E-state index in [-0.39, 0.29) is 18.3 Å². The zero-order chi connectivity index (χ0) is 13.5. The van der Waals surface area contributed by atoms with Crippen molar-refractivity contribution in [2.45, 2.75) is 32.7 Å². The Bertz CT molecular complexity index is 333. The van der Waals surface area contributed by atoms with Gasteiger partial charge in [0.05, 0.1) is 12.3 Å². The van der Waals surface area contributed by atoms with Crippen LogP contribution in [-0.4, -0.2) is 39.7 Å². The predicted molar refractivity (Wildman–Crippen MR) is 75.2 cm³/mol. The zero-order valence-corrected chi connectivity index (χ0v) is 12.7. The van der Waals surface area contributed by atoms with E-state index in [1.807, 2.05) is 13.8 Å². The van der Waals surface area contributed by atoms with Gasteiger partial charge in [-0.1, -0.05) is 13.8 Å². The molecule has 6 nitrogen and oxygen atoms in total. The average molecular weight is 302 g/mol. The van der Waals surface area contributed by atoms with Crippen LogP contribution in [0.2, 0.25) is 0 Å². The Balaban J connectivity index is 0. The van der Waals surface area contributed by atoms with Crippen molar-refractivity contribution in [3.8, 4) is 0 Å². The van der Waals surface area contributed by atoms with Crippen LogP contribution in [0.1, 0.15) is 26.7 Å². The molecule has 0 spiro atoms. The number of halogens is 1. The van der Waals surface area contributed by atoms with Gasteiger partial charge in [0.15, 0.2) is 0 Å². The van der Waals surface area contributed by atoms with Gasteiger partial charge in [-0.25, -0.2) is 13.1 Å². The third-order valence-corrected chi connectivity index (χ3v) is 2.81. The zero-order valence-electron chi connectivity index (χ0n) is 11.1. The molecule has 1 amide bonds. The minimum absolute atomic E-state index is 0. The molecule has 0 radical (unpaired) electrons. The topological polar surface area (TPSA) is 101 Å². The van der Waals surface area contributed by atoms with Crippen LogP contribution < -0.4 is 15.8 Å². The molecule has 0 aromatic carbocycles. The van der Waals surface area contributed by atoms with Crippen molar-refractivity contribution >= 4 is 28.3 Å². The summed E-state index contributed by atoms with van der Waals surface area (Å²) in [5.74, 6) is 0.195. The first kappa shape index (κ1) is 20.0. The van der Waals surface area contributed by atoms with Gasteiger partial charge in [0, 0.05) is 13.1 Å². The maximum absolute atomic E-state index is 11.5. The molecular formula is C10H24ClN3O3S. The second-order valence-corrected chi connectivity index (χ2v) is 6.38. The predicted octanol–water partition coefficient (Wildman–Crippen LogP) is -0.163. The molecule has 0 saturated carbocycles. The van der Waals surface area contributed by atoms with E-state index in [0.29, 0.717) is 31.8 Å². The SMILES string of the molecule is CC(C)C[C@H](N)C(=O)NCCCNS(C)(=O)=O.Cl. The summed E-state index contributed by atoms with van der Waals surface area (Å²) in [6.07, 6.45) is 2.30. The van der Waals surface area contributed by atoms with E-state index in [9.17, 15) is 13.2 Å². The molecule has 0 aromatic rings. The van der Waals surface area contributed by atoms with E-state index in [4.69, 9.17) is 5.73 Å². The van der Waals surface area contributed by atoms with E-state index in [1.165, 1.54) is 0 Å². The molecule has 0 aliphatic heterocycles. The fourth-order valence-electron chi connectivity index (χ4n) is 1.30. The van der Waals surface area contributed by atoms with Crippen LogP contribution in [0.25, 0.3) is 0 Å². The van der Waals surface area contributed by atoms with Gasteiger partial charge in [-0.3, -0.25) is 4.79 Å². The summed E-state index contributed by atoms with van der Waals surface area (Å²) in [4.78, 5) is 11.5. The van der Waals surface area contributed by atoms with Crippen molar-refractivity contribution in [1.82, 2.24) is 10.0 Å². The highest BCUT2D eigenvalue weighted by Crippen LogP contribution is 2.02. The number of carbonyl (C=O) groups is 1. The molecule has 0 rings (SSSR count). The van der Waals surface area contributed by atoms with Crippen molar-refractivity contribution in [1.29, 1.82) is 0 Å². The molecule has 0 bridgehead atoms. The summed E-state index contributed by atoms with van der Waals surface area (Å²) in [5.41, 5.74) is 5.68. The highest BCUT2D eigenvalue weighted by Gasteiger charge is 2.13. The minimum atomic E-state index is -3.14. The summed E-state index contributed by atoms with van der Waals surface area (Å²) in [5, 5.41) is 2.68. The fourth-order valence-corrected chi connectivity index (χ4v) is 1.82. The summed E-state index contributed by atoms with van der Waals surface area (Å²) >= 11 is 0. The molecule has 0 saturated heterocycles.